The van der Waals surface area contributed by atoms with Gasteiger partial charge in [0.15, 0.2) is 15.7 Å². The van der Waals surface area contributed by atoms with E-state index in [1.54, 1.807) is 34.8 Å². The Morgan fingerprint density at radius 1 is 1.21 bits per heavy atom. The van der Waals surface area contributed by atoms with Gasteiger partial charge in [0.2, 0.25) is 0 Å². The zero-order chi connectivity index (χ0) is 23.7. The summed E-state index contributed by atoms with van der Waals surface area (Å²) in [7, 11) is -2.08. The second-order valence-corrected chi connectivity index (χ2v) is 11.6. The number of hydrogen-bond acceptors (Lipinski definition) is 7. The predicted octanol–water partition coefficient (Wildman–Crippen LogP) is 5.56. The molecule has 0 spiro atoms. The summed E-state index contributed by atoms with van der Waals surface area (Å²) in [4.78, 5) is 8.34. The van der Waals surface area contributed by atoms with E-state index in [4.69, 9.17) is 11.6 Å². The van der Waals surface area contributed by atoms with Gasteiger partial charge in [-0.05, 0) is 6.07 Å². The zero-order valence-electron chi connectivity index (χ0n) is 16.9. The monoisotopic (exact) mass is 531 g/mol. The molecule has 0 N–H and O–H groups in total. The quantitative estimate of drug-likeness (QED) is 0.303. The third-order valence-corrected chi connectivity index (χ3v) is 9.66. The predicted molar refractivity (Wildman–Crippen MR) is 122 cm³/mol. The van der Waals surface area contributed by atoms with Gasteiger partial charge < -0.3 is 4.57 Å². The molecule has 0 aliphatic rings. The SMILES string of the molecule is CCS(=O)(=O)c1c(-c2nc3cc(C(F)(F)F)ncc3n2C)sc2c(-n3cc(Cl)cn3)csc12. The zero-order valence-corrected chi connectivity index (χ0v) is 20.1. The standard InChI is InChI=1S/C19H13ClF3N5O2S3/c1-3-33(29,30)17-15-14(12(8-31-15)28-7-9(20)5-25-28)32-16(17)18-26-10-4-13(19(21,22)23)24-6-11(10)27(18)2/h4-8H,3H2,1-2H3. The van der Waals surface area contributed by atoms with Gasteiger partial charge >= 0.3 is 6.18 Å². The Kier molecular flexibility index (Phi) is 5.08. The fourth-order valence-corrected chi connectivity index (χ4v) is 8.14. The molecule has 0 radical (unpaired) electrons. The second-order valence-electron chi connectivity index (χ2n) is 7.10. The van der Waals surface area contributed by atoms with E-state index in [-0.39, 0.29) is 22.0 Å². The third-order valence-electron chi connectivity index (χ3n) is 5.09. The largest absolute Gasteiger partial charge is 0.433 e. The van der Waals surface area contributed by atoms with Crippen LogP contribution in [0.25, 0.3) is 36.8 Å². The molecule has 5 aromatic rings. The third kappa shape index (κ3) is 3.54. The summed E-state index contributed by atoms with van der Waals surface area (Å²) < 4.78 is 69.9. The van der Waals surface area contributed by atoms with Crippen LogP contribution in [0.2, 0.25) is 5.02 Å². The molecule has 0 fully saturated rings. The van der Waals surface area contributed by atoms with Crippen molar-refractivity contribution in [1.82, 2.24) is 24.3 Å². The first-order valence-electron chi connectivity index (χ1n) is 9.38. The van der Waals surface area contributed by atoms with E-state index in [1.807, 2.05) is 0 Å². The van der Waals surface area contributed by atoms with Crippen LogP contribution in [-0.4, -0.2) is 38.5 Å². The van der Waals surface area contributed by atoms with Crippen LogP contribution >= 0.6 is 34.3 Å². The molecule has 0 amide bonds. The fourth-order valence-electron chi connectivity index (χ4n) is 3.46. The number of hydrogen-bond donors (Lipinski definition) is 0. The van der Waals surface area contributed by atoms with Crippen molar-refractivity contribution in [2.75, 3.05) is 5.75 Å². The highest BCUT2D eigenvalue weighted by Gasteiger charge is 2.34. The maximum atomic E-state index is 13.1. The molecule has 0 aliphatic heterocycles. The smallest absolute Gasteiger partial charge is 0.325 e. The first kappa shape index (κ1) is 22.3. The van der Waals surface area contributed by atoms with Gasteiger partial charge in [0, 0.05) is 18.6 Å². The van der Waals surface area contributed by atoms with Crippen molar-refractivity contribution in [3.8, 4) is 16.4 Å². The molecule has 0 aromatic carbocycles. The lowest BCUT2D eigenvalue weighted by molar-refractivity contribution is -0.141. The van der Waals surface area contributed by atoms with Gasteiger partial charge in [0.25, 0.3) is 0 Å². The lowest BCUT2D eigenvalue weighted by Gasteiger charge is -2.05. The molecule has 0 unspecified atom stereocenters. The van der Waals surface area contributed by atoms with Gasteiger partial charge in [0.1, 0.15) is 10.6 Å². The Balaban J connectivity index is 1.80. The Morgan fingerprint density at radius 2 is 1.97 bits per heavy atom. The fraction of sp³-hybridized carbons (Fsp3) is 0.211. The molecule has 5 rings (SSSR count). The lowest BCUT2D eigenvalue weighted by Crippen LogP contribution is -2.07. The Bertz CT molecular complexity index is 1650. The molecule has 0 aliphatic carbocycles. The summed E-state index contributed by atoms with van der Waals surface area (Å²) in [6, 6.07) is 0.861. The van der Waals surface area contributed by atoms with Gasteiger partial charge in [-0.15, -0.1) is 22.7 Å². The normalized spacial score (nSPS) is 12.9. The van der Waals surface area contributed by atoms with E-state index in [0.717, 1.165) is 12.3 Å². The van der Waals surface area contributed by atoms with E-state index in [1.165, 1.54) is 28.9 Å². The van der Waals surface area contributed by atoms with Crippen LogP contribution in [-0.2, 0) is 23.1 Å². The minimum atomic E-state index is -4.62. The number of rotatable bonds is 4. The molecule has 7 nitrogen and oxygen atoms in total. The molecule has 172 valence electrons. The number of aromatic nitrogens is 5. The minimum absolute atomic E-state index is 0.0745. The molecule has 5 heterocycles. The van der Waals surface area contributed by atoms with Crippen molar-refractivity contribution in [2.45, 2.75) is 18.0 Å². The van der Waals surface area contributed by atoms with Gasteiger partial charge in [-0.3, -0.25) is 0 Å². The Hall–Kier alpha value is -2.48. The van der Waals surface area contributed by atoms with Crippen LogP contribution in [0.5, 0.6) is 0 Å². The summed E-state index contributed by atoms with van der Waals surface area (Å²) in [5.41, 5.74) is 0.0238. The summed E-state index contributed by atoms with van der Waals surface area (Å²) in [6.07, 6.45) is -0.445. The van der Waals surface area contributed by atoms with Gasteiger partial charge in [-0.25, -0.2) is 23.1 Å². The highest BCUT2D eigenvalue weighted by atomic mass is 35.5. The van der Waals surface area contributed by atoms with Crippen molar-refractivity contribution in [3.63, 3.8) is 0 Å². The number of thiophene rings is 2. The summed E-state index contributed by atoms with van der Waals surface area (Å²) >= 11 is 8.44. The average molecular weight is 532 g/mol. The molecule has 33 heavy (non-hydrogen) atoms. The first-order chi connectivity index (χ1) is 15.5. The van der Waals surface area contributed by atoms with Gasteiger partial charge in [0.05, 0.1) is 54.2 Å². The number of halogens is 4. The molecular weight excluding hydrogens is 519 g/mol. The maximum Gasteiger partial charge on any atom is 0.433 e. The Morgan fingerprint density at radius 3 is 2.61 bits per heavy atom. The number of alkyl halides is 3. The average Bonchev–Trinajstić information content (AvgIpc) is 3.50. The molecule has 5 aromatic heterocycles. The molecule has 0 bridgehead atoms. The van der Waals surface area contributed by atoms with Crippen LogP contribution in [0.15, 0.2) is 34.9 Å². The van der Waals surface area contributed by atoms with E-state index in [2.05, 4.69) is 15.1 Å². The number of nitrogens with zero attached hydrogens (tertiary/aromatic N) is 5. The van der Waals surface area contributed by atoms with Crippen LogP contribution in [0.3, 0.4) is 0 Å². The summed E-state index contributed by atoms with van der Waals surface area (Å²) in [6.45, 7) is 1.54. The van der Waals surface area contributed by atoms with Gasteiger partial charge in [-0.1, -0.05) is 18.5 Å². The van der Waals surface area contributed by atoms with E-state index < -0.39 is 21.7 Å². The molecule has 0 saturated carbocycles. The number of imidazole rings is 1. The van der Waals surface area contributed by atoms with Crippen molar-refractivity contribution in [3.05, 3.63) is 40.8 Å². The molecule has 0 atom stereocenters. The second kappa shape index (κ2) is 7.52. The Labute approximate surface area is 198 Å². The highest BCUT2D eigenvalue weighted by Crippen LogP contribution is 2.47. The summed E-state index contributed by atoms with van der Waals surface area (Å²) in [5.74, 6) is 0.104. The van der Waals surface area contributed by atoms with Crippen molar-refractivity contribution in [1.29, 1.82) is 0 Å². The maximum absolute atomic E-state index is 13.1. The van der Waals surface area contributed by atoms with Crippen molar-refractivity contribution >= 4 is 64.5 Å². The van der Waals surface area contributed by atoms with Crippen molar-refractivity contribution < 1.29 is 21.6 Å². The van der Waals surface area contributed by atoms with E-state index in [9.17, 15) is 21.6 Å². The molecule has 0 saturated heterocycles. The first-order valence-corrected chi connectivity index (χ1v) is 13.1. The van der Waals surface area contributed by atoms with Crippen molar-refractivity contribution in [2.24, 2.45) is 7.05 Å². The topological polar surface area (TPSA) is 82.7 Å². The van der Waals surface area contributed by atoms with Crippen LogP contribution in [0.4, 0.5) is 13.2 Å². The number of pyridine rings is 1. The van der Waals surface area contributed by atoms with Gasteiger partial charge in [-0.2, -0.15) is 18.3 Å². The lowest BCUT2D eigenvalue weighted by atomic mass is 10.3. The number of aryl methyl sites for hydroxylation is 1. The number of fused-ring (bicyclic) bond motifs is 2. The van der Waals surface area contributed by atoms with Crippen LogP contribution < -0.4 is 0 Å². The molecular formula is C19H13ClF3N5O2S3. The highest BCUT2D eigenvalue weighted by molar-refractivity contribution is 7.92. The minimum Gasteiger partial charge on any atom is -0.325 e. The van der Waals surface area contributed by atoms with Crippen LogP contribution in [0.1, 0.15) is 12.6 Å². The van der Waals surface area contributed by atoms with Crippen LogP contribution in [0, 0.1) is 0 Å². The van der Waals surface area contributed by atoms with E-state index >= 15 is 0 Å². The number of sulfone groups is 1. The van der Waals surface area contributed by atoms with E-state index in [0.29, 0.717) is 30.5 Å². The summed E-state index contributed by atoms with van der Waals surface area (Å²) in [5, 5.41) is 6.42. The molecule has 14 heteroatoms.